The first-order valence-corrected chi connectivity index (χ1v) is 7.19. The summed E-state index contributed by atoms with van der Waals surface area (Å²) in [7, 11) is 0. The maximum atomic E-state index is 11.7. The fourth-order valence-corrected chi connectivity index (χ4v) is 2.33. The first-order valence-electron chi connectivity index (χ1n) is 8.19. The van der Waals surface area contributed by atoms with E-state index in [1.807, 2.05) is 0 Å². The fraction of sp³-hybridized carbons (Fsp3) is 0.714. The zero-order chi connectivity index (χ0) is 15.8. The van der Waals surface area contributed by atoms with Gasteiger partial charge in [0.15, 0.2) is 6.39 Å². The average molecular weight is 282 g/mol. The van der Waals surface area contributed by atoms with Gasteiger partial charge in [-0.2, -0.15) is 0 Å². The first kappa shape index (κ1) is 12.2. The van der Waals surface area contributed by atoms with Crippen LogP contribution in [-0.2, 0) is 6.54 Å². The summed E-state index contributed by atoms with van der Waals surface area (Å²) in [5.41, 5.74) is 0. The number of carbonyl (C=O) groups excluding carboxylic acids is 1. The molecule has 0 spiro atoms. The van der Waals surface area contributed by atoms with Crippen LogP contribution >= 0.6 is 0 Å². The molecule has 2 rings (SSSR count). The van der Waals surface area contributed by atoms with E-state index in [-0.39, 0.29) is 6.54 Å². The van der Waals surface area contributed by atoms with Crippen molar-refractivity contribution in [1.29, 1.82) is 0 Å². The summed E-state index contributed by atoms with van der Waals surface area (Å²) in [6.07, 6.45) is 7.24. The van der Waals surface area contributed by atoms with Crippen LogP contribution in [0.5, 0.6) is 0 Å². The summed E-state index contributed by atoms with van der Waals surface area (Å²) in [5, 5.41) is 8.24. The van der Waals surface area contributed by atoms with Gasteiger partial charge in [0.05, 0.1) is 12.7 Å². The number of nitrogens with one attached hydrogen (secondary N) is 3. The topological polar surface area (TPSA) is 79.2 Å². The van der Waals surface area contributed by atoms with Gasteiger partial charge in [0, 0.05) is 9.24 Å². The van der Waals surface area contributed by atoms with Crippen LogP contribution in [0.2, 0.25) is 0 Å². The minimum atomic E-state index is -1.70. The molecule has 1 aromatic heterocycles. The number of hydrogen-bond acceptors (Lipinski definition) is 4. The highest BCUT2D eigenvalue weighted by Crippen LogP contribution is 2.18. The van der Waals surface area contributed by atoms with E-state index in [1.54, 1.807) is 0 Å². The molecule has 2 heterocycles. The van der Waals surface area contributed by atoms with Crippen molar-refractivity contribution in [2.24, 2.45) is 5.92 Å². The number of piperidine rings is 1. The first-order chi connectivity index (χ1) is 10.6. The second kappa shape index (κ2) is 8.58. The Labute approximate surface area is 122 Å². The third-order valence-corrected chi connectivity index (χ3v) is 3.48. The van der Waals surface area contributed by atoms with Crippen LogP contribution in [0.25, 0.3) is 0 Å². The van der Waals surface area contributed by atoms with Gasteiger partial charge in [-0.25, -0.2) is 9.78 Å². The Balaban J connectivity index is 1.62. The summed E-state index contributed by atoms with van der Waals surface area (Å²) >= 11 is 0. The van der Waals surface area contributed by atoms with Crippen LogP contribution in [0.4, 0.5) is 4.79 Å². The Bertz CT molecular complexity index is 448. The van der Waals surface area contributed by atoms with Gasteiger partial charge in [-0.3, -0.25) is 0 Å². The summed E-state index contributed by atoms with van der Waals surface area (Å²) < 4.78 is 20.7. The molecule has 20 heavy (non-hydrogen) atoms. The third kappa shape index (κ3) is 5.61. The van der Waals surface area contributed by atoms with Crippen LogP contribution < -0.4 is 16.0 Å². The maximum Gasteiger partial charge on any atom is 0.315 e. The molecule has 0 atom stereocenters. The number of amides is 2. The van der Waals surface area contributed by atoms with Crippen molar-refractivity contribution in [2.75, 3.05) is 19.6 Å². The van der Waals surface area contributed by atoms with Crippen LogP contribution in [0, 0.1) is 5.92 Å². The minimum Gasteiger partial charge on any atom is -0.447 e. The highest BCUT2D eigenvalue weighted by atomic mass is 16.3. The van der Waals surface area contributed by atoms with Crippen molar-refractivity contribution < 1.29 is 12.0 Å². The molecule has 0 aliphatic carbocycles. The third-order valence-electron chi connectivity index (χ3n) is 3.48. The highest BCUT2D eigenvalue weighted by Gasteiger charge is 2.12. The van der Waals surface area contributed by atoms with Crippen molar-refractivity contribution in [2.45, 2.75) is 38.6 Å². The second-order valence-electron chi connectivity index (χ2n) is 5.04. The lowest BCUT2D eigenvalue weighted by molar-refractivity contribution is 0.239. The zero-order valence-corrected chi connectivity index (χ0v) is 11.7. The van der Waals surface area contributed by atoms with E-state index in [1.165, 1.54) is 12.6 Å². The number of nitrogens with zero attached hydrogens (tertiary/aromatic N) is 1. The lowest BCUT2D eigenvalue weighted by Crippen LogP contribution is -2.35. The van der Waals surface area contributed by atoms with E-state index < -0.39 is 12.5 Å². The van der Waals surface area contributed by atoms with Crippen molar-refractivity contribution in [3.05, 3.63) is 18.4 Å². The molecule has 6 nitrogen and oxygen atoms in total. The molecule has 112 valence electrons. The number of urea groups is 1. The summed E-state index contributed by atoms with van der Waals surface area (Å²) in [6.45, 7) is 0.606. The molecular formula is C14H24N4O2. The molecule has 1 saturated heterocycles. The van der Waals surface area contributed by atoms with Crippen LogP contribution in [0.15, 0.2) is 17.0 Å². The molecule has 0 radical (unpaired) electrons. The van der Waals surface area contributed by atoms with Gasteiger partial charge >= 0.3 is 6.03 Å². The molecule has 0 unspecified atom stereocenters. The minimum absolute atomic E-state index is 0.191. The van der Waals surface area contributed by atoms with Gasteiger partial charge in [-0.1, -0.05) is 12.8 Å². The van der Waals surface area contributed by atoms with E-state index in [4.69, 9.17) is 7.16 Å². The van der Waals surface area contributed by atoms with E-state index in [9.17, 15) is 4.79 Å². The zero-order valence-electron chi connectivity index (χ0n) is 13.7. The Morgan fingerprint density at radius 2 is 2.30 bits per heavy atom. The molecule has 2 amide bonds. The number of rotatable bonds is 7. The summed E-state index contributed by atoms with van der Waals surface area (Å²) in [6, 6.07) is -0.539. The van der Waals surface area contributed by atoms with Gasteiger partial charge in [-0.05, 0) is 38.3 Å². The maximum absolute atomic E-state index is 11.7. The summed E-state index contributed by atoms with van der Waals surface area (Å²) in [5.74, 6) is 1.21. The number of oxazole rings is 1. The van der Waals surface area contributed by atoms with Crippen molar-refractivity contribution in [1.82, 2.24) is 20.9 Å². The van der Waals surface area contributed by atoms with Gasteiger partial charge in [0.1, 0.15) is 5.76 Å². The predicted molar refractivity (Wildman–Crippen MR) is 76.2 cm³/mol. The largest absolute Gasteiger partial charge is 0.447 e. The molecular weight excluding hydrogens is 256 g/mol. The van der Waals surface area contributed by atoms with E-state index in [0.29, 0.717) is 18.1 Å². The lowest BCUT2D eigenvalue weighted by atomic mass is 9.92. The predicted octanol–water partition coefficient (Wildman–Crippen LogP) is 1.64. The van der Waals surface area contributed by atoms with Gasteiger partial charge < -0.3 is 20.4 Å². The van der Waals surface area contributed by atoms with E-state index in [0.717, 1.165) is 38.8 Å². The van der Waals surface area contributed by atoms with Crippen LogP contribution in [-0.4, -0.2) is 30.6 Å². The number of hydrogen-bond donors (Lipinski definition) is 3. The lowest BCUT2D eigenvalue weighted by Gasteiger charge is -2.22. The molecule has 1 aliphatic heterocycles. The van der Waals surface area contributed by atoms with Gasteiger partial charge in [0.2, 0.25) is 0 Å². The normalized spacial score (nSPS) is 18.2. The molecule has 0 saturated carbocycles. The molecule has 1 fully saturated rings. The smallest absolute Gasteiger partial charge is 0.315 e. The Hall–Kier alpha value is -1.56. The molecule has 6 heteroatoms. The molecule has 1 aliphatic rings. The monoisotopic (exact) mass is 282 g/mol. The summed E-state index contributed by atoms with van der Waals surface area (Å²) in [4.78, 5) is 15.4. The van der Waals surface area contributed by atoms with E-state index in [2.05, 4.69) is 20.9 Å². The van der Waals surface area contributed by atoms with Crippen molar-refractivity contribution >= 4 is 6.03 Å². The Kier molecular flexibility index (Phi) is 5.23. The van der Waals surface area contributed by atoms with Gasteiger partial charge in [-0.15, -0.1) is 0 Å². The Morgan fingerprint density at radius 3 is 3.05 bits per heavy atom. The quantitative estimate of drug-likeness (QED) is 0.710. The molecule has 0 aromatic carbocycles. The van der Waals surface area contributed by atoms with Crippen molar-refractivity contribution in [3.8, 4) is 0 Å². The van der Waals surface area contributed by atoms with E-state index >= 15 is 0 Å². The average Bonchev–Trinajstić information content (AvgIpc) is 2.99. The van der Waals surface area contributed by atoms with Crippen molar-refractivity contribution in [3.63, 3.8) is 0 Å². The molecule has 0 bridgehead atoms. The SMILES string of the molecule is [2H]C([2H])(CCCC1CCNCC1)NC(=O)NCc1cnco1. The standard InChI is InChI=1S/C14H24N4O2/c19-14(18-10-13-9-16-11-20-13)17-6-2-1-3-12-4-7-15-8-5-12/h9,11-12,15H,1-8,10H2,(H2,17,18,19)/i6D2. The molecule has 3 N–H and O–H groups in total. The highest BCUT2D eigenvalue weighted by molar-refractivity contribution is 5.73. The second-order valence-corrected chi connectivity index (χ2v) is 5.04. The Morgan fingerprint density at radius 1 is 1.45 bits per heavy atom. The number of aromatic nitrogens is 1. The molecule has 1 aromatic rings. The van der Waals surface area contributed by atoms with Crippen LogP contribution in [0.3, 0.4) is 0 Å². The van der Waals surface area contributed by atoms with Gasteiger partial charge in [0.25, 0.3) is 0 Å². The number of carbonyl (C=O) groups is 1. The van der Waals surface area contributed by atoms with Crippen LogP contribution in [0.1, 0.15) is 40.6 Å². The fourth-order valence-electron chi connectivity index (χ4n) is 2.33.